The van der Waals surface area contributed by atoms with Gasteiger partial charge >= 0.3 is 5.91 Å². The second kappa shape index (κ2) is 6.57. The van der Waals surface area contributed by atoms with Crippen molar-refractivity contribution in [1.29, 1.82) is 0 Å². The highest BCUT2D eigenvalue weighted by molar-refractivity contribution is 5.82. The standard InChI is InChI=1S/C16H20FN2O/c1-3-16(20)19-10-8-18(9-11-19)7-6-14-5-4-13(2)15(17)12-14/h3-5,10,12H,1,6-9,11H2,2H3/q+1. The molecule has 0 aliphatic carbocycles. The molecule has 1 aromatic carbocycles. The fourth-order valence-corrected chi connectivity index (χ4v) is 2.25. The third-order valence-electron chi connectivity index (χ3n) is 3.63. The minimum atomic E-state index is -0.143. The van der Waals surface area contributed by atoms with Crippen LogP contribution in [-0.4, -0.2) is 47.8 Å². The number of hydrogen-bond acceptors (Lipinski definition) is 2. The maximum absolute atomic E-state index is 13.5. The molecule has 1 aliphatic rings. The van der Waals surface area contributed by atoms with E-state index in [1.807, 2.05) is 18.3 Å². The molecule has 0 fully saturated rings. The topological polar surface area (TPSA) is 23.3 Å². The van der Waals surface area contributed by atoms with Crippen molar-refractivity contribution in [3.63, 3.8) is 0 Å². The van der Waals surface area contributed by atoms with Crippen LogP contribution in [0.3, 0.4) is 0 Å². The highest BCUT2D eigenvalue weighted by atomic mass is 19.1. The van der Waals surface area contributed by atoms with Gasteiger partial charge < -0.3 is 0 Å². The summed E-state index contributed by atoms with van der Waals surface area (Å²) in [5.74, 6) is -0.194. The summed E-state index contributed by atoms with van der Waals surface area (Å²) in [5.41, 5.74) is 1.69. The van der Waals surface area contributed by atoms with Crippen LogP contribution in [0, 0.1) is 12.7 Å². The van der Waals surface area contributed by atoms with Gasteiger partial charge in [-0.3, -0.25) is 4.90 Å². The average molecular weight is 275 g/mol. The van der Waals surface area contributed by atoms with E-state index in [0.29, 0.717) is 12.1 Å². The molecule has 3 nitrogen and oxygen atoms in total. The summed E-state index contributed by atoms with van der Waals surface area (Å²) in [6.07, 6.45) is 4.05. The molecular weight excluding hydrogens is 255 g/mol. The second-order valence-corrected chi connectivity index (χ2v) is 5.05. The van der Waals surface area contributed by atoms with Gasteiger partial charge in [0.25, 0.3) is 0 Å². The fourth-order valence-electron chi connectivity index (χ4n) is 2.25. The van der Waals surface area contributed by atoms with Gasteiger partial charge in [-0.05, 0) is 30.5 Å². The average Bonchev–Trinajstić information content (AvgIpc) is 2.48. The molecule has 0 bridgehead atoms. The predicted octanol–water partition coefficient (Wildman–Crippen LogP) is 1.79. The molecule has 4 heteroatoms. The SMILES string of the molecule is C=CC(=O)[N+]1=CCN(CCc2ccc(C)c(F)c2)CC1. The lowest BCUT2D eigenvalue weighted by Crippen LogP contribution is -2.42. The summed E-state index contributed by atoms with van der Waals surface area (Å²) in [6, 6.07) is 5.40. The molecule has 1 aromatic rings. The minimum Gasteiger partial charge on any atom is -0.288 e. The van der Waals surface area contributed by atoms with Gasteiger partial charge in [-0.2, -0.15) is 4.58 Å². The number of amides is 1. The van der Waals surface area contributed by atoms with Crippen LogP contribution in [0.2, 0.25) is 0 Å². The Morgan fingerprint density at radius 2 is 2.35 bits per heavy atom. The normalized spacial score (nSPS) is 15.8. The molecule has 0 N–H and O–H groups in total. The third kappa shape index (κ3) is 3.61. The zero-order valence-electron chi connectivity index (χ0n) is 11.8. The molecule has 0 unspecified atom stereocenters. The molecule has 2 rings (SSSR count). The number of aryl methyl sites for hydroxylation is 1. The van der Waals surface area contributed by atoms with Crippen molar-refractivity contribution in [2.24, 2.45) is 0 Å². The zero-order valence-corrected chi connectivity index (χ0v) is 11.8. The summed E-state index contributed by atoms with van der Waals surface area (Å²) in [5, 5.41) is 0. The zero-order chi connectivity index (χ0) is 14.5. The van der Waals surface area contributed by atoms with E-state index in [-0.39, 0.29) is 11.7 Å². The van der Waals surface area contributed by atoms with E-state index in [4.69, 9.17) is 0 Å². The van der Waals surface area contributed by atoms with Gasteiger partial charge in [-0.1, -0.05) is 18.7 Å². The van der Waals surface area contributed by atoms with Gasteiger partial charge in [0.05, 0.1) is 13.1 Å². The third-order valence-corrected chi connectivity index (χ3v) is 3.63. The lowest BCUT2D eigenvalue weighted by atomic mass is 10.1. The summed E-state index contributed by atoms with van der Waals surface area (Å²) in [7, 11) is 0. The first-order valence-electron chi connectivity index (χ1n) is 6.84. The van der Waals surface area contributed by atoms with E-state index in [9.17, 15) is 9.18 Å². The predicted molar refractivity (Wildman–Crippen MR) is 77.7 cm³/mol. The monoisotopic (exact) mass is 275 g/mol. The van der Waals surface area contributed by atoms with E-state index in [1.54, 1.807) is 17.6 Å². The van der Waals surface area contributed by atoms with Gasteiger partial charge in [0, 0.05) is 12.6 Å². The van der Waals surface area contributed by atoms with Crippen molar-refractivity contribution in [2.45, 2.75) is 13.3 Å². The Kier molecular flexibility index (Phi) is 4.79. The Bertz CT molecular complexity index is 551. The number of benzene rings is 1. The number of halogens is 1. The van der Waals surface area contributed by atoms with Crippen LogP contribution in [0.4, 0.5) is 4.39 Å². The Hall–Kier alpha value is -1.81. The summed E-state index contributed by atoms with van der Waals surface area (Å²) in [6.45, 7) is 8.39. The molecule has 0 atom stereocenters. The number of carbonyl (C=O) groups excluding carboxylic acids is 1. The van der Waals surface area contributed by atoms with Gasteiger partial charge in [0.15, 0.2) is 12.8 Å². The summed E-state index contributed by atoms with van der Waals surface area (Å²) >= 11 is 0. The molecule has 0 spiro atoms. The number of nitrogens with zero attached hydrogens (tertiary/aromatic N) is 2. The van der Waals surface area contributed by atoms with Crippen molar-refractivity contribution < 1.29 is 13.8 Å². The Balaban J connectivity index is 1.87. The maximum atomic E-state index is 13.5. The van der Waals surface area contributed by atoms with Gasteiger partial charge in [-0.15, -0.1) is 0 Å². The quantitative estimate of drug-likeness (QED) is 0.618. The van der Waals surface area contributed by atoms with Crippen molar-refractivity contribution in [3.8, 4) is 0 Å². The molecule has 1 aliphatic heterocycles. The van der Waals surface area contributed by atoms with Crippen LogP contribution in [0.1, 0.15) is 11.1 Å². The summed E-state index contributed by atoms with van der Waals surface area (Å²) in [4.78, 5) is 13.7. The van der Waals surface area contributed by atoms with E-state index >= 15 is 0 Å². The van der Waals surface area contributed by atoms with Crippen LogP contribution in [0.15, 0.2) is 30.9 Å². The molecule has 0 radical (unpaired) electrons. The van der Waals surface area contributed by atoms with Gasteiger partial charge in [0.2, 0.25) is 0 Å². The Morgan fingerprint density at radius 3 is 2.95 bits per heavy atom. The molecule has 20 heavy (non-hydrogen) atoms. The van der Waals surface area contributed by atoms with E-state index in [2.05, 4.69) is 11.5 Å². The molecule has 0 saturated heterocycles. The van der Waals surface area contributed by atoms with Crippen molar-refractivity contribution in [2.75, 3.05) is 26.2 Å². The van der Waals surface area contributed by atoms with Gasteiger partial charge in [-0.25, -0.2) is 9.18 Å². The first-order chi connectivity index (χ1) is 9.60. The van der Waals surface area contributed by atoms with Crippen molar-refractivity contribution in [3.05, 3.63) is 47.8 Å². The minimum absolute atomic E-state index is 0.0507. The Morgan fingerprint density at radius 1 is 1.55 bits per heavy atom. The number of rotatable bonds is 4. The van der Waals surface area contributed by atoms with Crippen molar-refractivity contribution >= 4 is 12.1 Å². The molecule has 0 saturated carbocycles. The molecule has 1 heterocycles. The number of carbonyl (C=O) groups is 1. The highest BCUT2D eigenvalue weighted by Crippen LogP contribution is 2.10. The summed E-state index contributed by atoms with van der Waals surface area (Å²) < 4.78 is 15.1. The Labute approximate surface area is 119 Å². The highest BCUT2D eigenvalue weighted by Gasteiger charge is 2.20. The number of hydrogen-bond donors (Lipinski definition) is 0. The molecule has 106 valence electrons. The first kappa shape index (κ1) is 14.6. The van der Waals surface area contributed by atoms with Crippen LogP contribution < -0.4 is 0 Å². The van der Waals surface area contributed by atoms with E-state index in [1.165, 1.54) is 6.08 Å². The lowest BCUT2D eigenvalue weighted by molar-refractivity contribution is -0.446. The van der Waals surface area contributed by atoms with E-state index in [0.717, 1.165) is 31.6 Å². The smallest absolute Gasteiger partial charge is 0.288 e. The van der Waals surface area contributed by atoms with Crippen LogP contribution in [0.5, 0.6) is 0 Å². The van der Waals surface area contributed by atoms with Crippen LogP contribution in [0.25, 0.3) is 0 Å². The molecule has 0 aromatic heterocycles. The molecule has 1 amide bonds. The maximum Gasteiger partial charge on any atom is 0.411 e. The lowest BCUT2D eigenvalue weighted by Gasteiger charge is -2.21. The van der Waals surface area contributed by atoms with Crippen molar-refractivity contribution in [1.82, 2.24) is 4.90 Å². The molecular formula is C16H20FN2O+. The second-order valence-electron chi connectivity index (χ2n) is 5.05. The van der Waals surface area contributed by atoms with Crippen LogP contribution >= 0.6 is 0 Å². The van der Waals surface area contributed by atoms with Gasteiger partial charge in [0.1, 0.15) is 5.82 Å². The fraction of sp³-hybridized carbons (Fsp3) is 0.375. The first-order valence-corrected chi connectivity index (χ1v) is 6.84. The van der Waals surface area contributed by atoms with E-state index < -0.39 is 0 Å². The largest absolute Gasteiger partial charge is 0.411 e. The van der Waals surface area contributed by atoms with Crippen LogP contribution in [-0.2, 0) is 11.2 Å².